The second-order valence-electron chi connectivity index (χ2n) is 4.36. The van der Waals surface area contributed by atoms with E-state index in [9.17, 15) is 5.11 Å². The zero-order chi connectivity index (χ0) is 12.3. The summed E-state index contributed by atoms with van der Waals surface area (Å²) in [6.45, 7) is 4.90. The average molecular weight is 232 g/mol. The number of nitrogens with zero attached hydrogens (tertiary/aromatic N) is 4. The van der Waals surface area contributed by atoms with Crippen molar-refractivity contribution in [1.29, 1.82) is 0 Å². The van der Waals surface area contributed by atoms with Gasteiger partial charge in [0.2, 0.25) is 0 Å². The highest BCUT2D eigenvalue weighted by molar-refractivity contribution is 5.60. The number of hydrogen-bond acceptors (Lipinski definition) is 4. The van der Waals surface area contributed by atoms with E-state index >= 15 is 0 Å². The molecule has 0 bridgehead atoms. The molecule has 0 unspecified atom stereocenters. The van der Waals surface area contributed by atoms with Gasteiger partial charge in [0.05, 0.1) is 12.3 Å². The number of aliphatic hydroxyl groups excluding tert-OH is 1. The van der Waals surface area contributed by atoms with Crippen molar-refractivity contribution in [2.24, 2.45) is 5.92 Å². The van der Waals surface area contributed by atoms with Gasteiger partial charge in [-0.2, -0.15) is 0 Å². The third kappa shape index (κ3) is 2.50. The van der Waals surface area contributed by atoms with Crippen LogP contribution in [0.25, 0.3) is 11.3 Å². The average Bonchev–Trinajstić information content (AvgIpc) is 2.72. The van der Waals surface area contributed by atoms with Crippen LogP contribution in [0.3, 0.4) is 0 Å². The molecule has 17 heavy (non-hydrogen) atoms. The van der Waals surface area contributed by atoms with Crippen LogP contribution in [0.15, 0.2) is 24.5 Å². The van der Waals surface area contributed by atoms with Crippen LogP contribution in [0.1, 0.15) is 19.5 Å². The van der Waals surface area contributed by atoms with Crippen molar-refractivity contribution in [2.75, 3.05) is 0 Å². The maximum atomic E-state index is 9.29. The Labute approximate surface area is 100 Å². The van der Waals surface area contributed by atoms with Crippen LogP contribution >= 0.6 is 0 Å². The van der Waals surface area contributed by atoms with E-state index < -0.39 is 0 Å². The normalized spacial score (nSPS) is 11.1. The van der Waals surface area contributed by atoms with Crippen molar-refractivity contribution in [3.63, 3.8) is 0 Å². The van der Waals surface area contributed by atoms with Crippen molar-refractivity contribution in [2.45, 2.75) is 27.0 Å². The summed E-state index contributed by atoms with van der Waals surface area (Å²) in [5.41, 5.74) is 2.38. The van der Waals surface area contributed by atoms with E-state index in [0.29, 0.717) is 11.6 Å². The molecule has 90 valence electrons. The van der Waals surface area contributed by atoms with Gasteiger partial charge in [0.15, 0.2) is 0 Å². The molecule has 0 atom stereocenters. The summed E-state index contributed by atoms with van der Waals surface area (Å²) in [4.78, 5) is 4.09. The minimum absolute atomic E-state index is 0.109. The summed E-state index contributed by atoms with van der Waals surface area (Å²) >= 11 is 0. The summed E-state index contributed by atoms with van der Waals surface area (Å²) in [6.07, 6.45) is 3.48. The highest BCUT2D eigenvalue weighted by Gasteiger charge is 2.14. The molecule has 0 aromatic carbocycles. The van der Waals surface area contributed by atoms with E-state index in [1.807, 2.05) is 16.8 Å². The number of pyridine rings is 1. The quantitative estimate of drug-likeness (QED) is 0.867. The molecule has 0 aliphatic rings. The van der Waals surface area contributed by atoms with Crippen LogP contribution in [-0.2, 0) is 13.2 Å². The molecule has 0 aliphatic carbocycles. The van der Waals surface area contributed by atoms with Crippen molar-refractivity contribution in [1.82, 2.24) is 20.0 Å². The van der Waals surface area contributed by atoms with Gasteiger partial charge >= 0.3 is 0 Å². The Bertz CT molecular complexity index is 479. The lowest BCUT2D eigenvalue weighted by Crippen LogP contribution is -2.08. The smallest absolute Gasteiger partial charge is 0.116 e. The van der Waals surface area contributed by atoms with Gasteiger partial charge in [0.25, 0.3) is 0 Å². The molecule has 5 nitrogen and oxygen atoms in total. The summed E-state index contributed by atoms with van der Waals surface area (Å²) in [6, 6.07) is 3.81. The summed E-state index contributed by atoms with van der Waals surface area (Å²) in [7, 11) is 0. The summed E-state index contributed by atoms with van der Waals surface area (Å²) < 4.78 is 1.83. The molecule has 2 rings (SSSR count). The molecular formula is C12H16N4O. The molecule has 2 aromatic rings. The van der Waals surface area contributed by atoms with E-state index in [0.717, 1.165) is 17.8 Å². The Morgan fingerprint density at radius 2 is 2.24 bits per heavy atom. The summed E-state index contributed by atoms with van der Waals surface area (Å²) in [5.74, 6) is 0.471. The lowest BCUT2D eigenvalue weighted by Gasteiger charge is -2.09. The van der Waals surface area contributed by atoms with Crippen LogP contribution in [0.5, 0.6) is 0 Å². The van der Waals surface area contributed by atoms with Crippen molar-refractivity contribution in [3.05, 3.63) is 30.2 Å². The predicted octanol–water partition coefficient (Wildman–Crippen LogP) is 1.49. The van der Waals surface area contributed by atoms with Crippen LogP contribution in [-0.4, -0.2) is 25.1 Å². The molecule has 5 heteroatoms. The number of hydrogen-bond donors (Lipinski definition) is 1. The van der Waals surface area contributed by atoms with Crippen LogP contribution in [0.4, 0.5) is 0 Å². The van der Waals surface area contributed by atoms with Crippen molar-refractivity contribution >= 4 is 0 Å². The highest BCUT2D eigenvalue weighted by atomic mass is 16.3. The maximum Gasteiger partial charge on any atom is 0.116 e. The second-order valence-corrected chi connectivity index (χ2v) is 4.36. The molecule has 2 heterocycles. The van der Waals surface area contributed by atoms with Gasteiger partial charge in [-0.15, -0.1) is 5.10 Å². The fourth-order valence-corrected chi connectivity index (χ4v) is 1.75. The van der Waals surface area contributed by atoms with Gasteiger partial charge in [-0.1, -0.05) is 19.1 Å². The number of aliphatic hydroxyl groups is 1. The highest BCUT2D eigenvalue weighted by Crippen LogP contribution is 2.22. The van der Waals surface area contributed by atoms with Gasteiger partial charge in [0.1, 0.15) is 5.69 Å². The standard InChI is InChI=1S/C12H16N4O/c1-9(2)7-16-12(11(8-17)14-15-16)10-4-3-5-13-6-10/h3-6,9,17H,7-8H2,1-2H3. The minimum Gasteiger partial charge on any atom is -0.390 e. The van der Waals surface area contributed by atoms with E-state index in [1.54, 1.807) is 12.4 Å². The Kier molecular flexibility index (Phi) is 3.49. The first-order valence-electron chi connectivity index (χ1n) is 5.66. The Balaban J connectivity index is 2.46. The molecule has 0 saturated carbocycles. The molecular weight excluding hydrogens is 216 g/mol. The van der Waals surface area contributed by atoms with Gasteiger partial charge in [-0.3, -0.25) is 4.98 Å². The molecule has 0 aliphatic heterocycles. The lowest BCUT2D eigenvalue weighted by molar-refractivity contribution is 0.277. The second kappa shape index (κ2) is 5.05. The largest absolute Gasteiger partial charge is 0.390 e. The van der Waals surface area contributed by atoms with Crippen LogP contribution in [0, 0.1) is 5.92 Å². The Morgan fingerprint density at radius 1 is 1.41 bits per heavy atom. The van der Waals surface area contributed by atoms with Crippen molar-refractivity contribution in [3.8, 4) is 11.3 Å². The molecule has 2 aromatic heterocycles. The van der Waals surface area contributed by atoms with Gasteiger partial charge < -0.3 is 5.11 Å². The zero-order valence-corrected chi connectivity index (χ0v) is 10.0. The van der Waals surface area contributed by atoms with Crippen LogP contribution < -0.4 is 0 Å². The monoisotopic (exact) mass is 232 g/mol. The lowest BCUT2D eigenvalue weighted by atomic mass is 10.1. The first-order valence-corrected chi connectivity index (χ1v) is 5.66. The third-order valence-electron chi connectivity index (χ3n) is 2.43. The van der Waals surface area contributed by atoms with E-state index in [2.05, 4.69) is 29.1 Å². The molecule has 0 saturated heterocycles. The van der Waals surface area contributed by atoms with Crippen LogP contribution in [0.2, 0.25) is 0 Å². The Morgan fingerprint density at radius 3 is 2.82 bits per heavy atom. The molecule has 0 fully saturated rings. The number of rotatable bonds is 4. The molecule has 0 spiro atoms. The third-order valence-corrected chi connectivity index (χ3v) is 2.43. The number of aromatic nitrogens is 4. The molecule has 0 amide bonds. The Hall–Kier alpha value is -1.75. The first-order chi connectivity index (χ1) is 8.22. The fourth-order valence-electron chi connectivity index (χ4n) is 1.75. The zero-order valence-electron chi connectivity index (χ0n) is 10.0. The van der Waals surface area contributed by atoms with Crippen molar-refractivity contribution < 1.29 is 5.11 Å². The van der Waals surface area contributed by atoms with E-state index in [1.165, 1.54) is 0 Å². The first kappa shape index (κ1) is 11.7. The SMILES string of the molecule is CC(C)Cn1nnc(CO)c1-c1cccnc1. The minimum atomic E-state index is -0.109. The molecule has 1 N–H and O–H groups in total. The maximum absolute atomic E-state index is 9.29. The van der Waals surface area contributed by atoms with E-state index in [4.69, 9.17) is 0 Å². The van der Waals surface area contributed by atoms with Gasteiger partial charge in [0, 0.05) is 24.5 Å². The summed E-state index contributed by atoms with van der Waals surface area (Å²) in [5, 5.41) is 17.4. The topological polar surface area (TPSA) is 63.8 Å². The van der Waals surface area contributed by atoms with E-state index in [-0.39, 0.29) is 6.61 Å². The van der Waals surface area contributed by atoms with Gasteiger partial charge in [-0.25, -0.2) is 4.68 Å². The van der Waals surface area contributed by atoms with Gasteiger partial charge in [-0.05, 0) is 18.1 Å². The molecule has 0 radical (unpaired) electrons. The predicted molar refractivity (Wildman–Crippen MR) is 64.0 cm³/mol. The fraction of sp³-hybridized carbons (Fsp3) is 0.417.